The number of rotatable bonds is 2. The molecule has 1 saturated heterocycles. The van der Waals surface area contributed by atoms with E-state index in [4.69, 9.17) is 25.3 Å². The van der Waals surface area contributed by atoms with Crippen molar-refractivity contribution < 1.29 is 32.2 Å². The first-order valence-corrected chi connectivity index (χ1v) is 11.1. The summed E-state index contributed by atoms with van der Waals surface area (Å²) in [5.74, 6) is -6.86. The summed E-state index contributed by atoms with van der Waals surface area (Å²) in [4.78, 5) is 0. The molecule has 0 spiro atoms. The Hall–Kier alpha value is -2.38. The van der Waals surface area contributed by atoms with E-state index in [0.717, 1.165) is 0 Å². The highest BCUT2D eigenvalue weighted by molar-refractivity contribution is 5.76. The molecule has 1 nitrogen and oxygen atoms in total. The number of ether oxygens (including phenoxy) is 1. The van der Waals surface area contributed by atoms with Crippen LogP contribution in [0.15, 0.2) is 78.6 Å². The Bertz CT molecular complexity index is 2120. The SMILES string of the molecule is [2H]C1=C([2H])C2C(c3c([2H])c([2H])c([2H])c([2H])c3[2H])=c3c([2H])c([2H])c([2H])c([2H])c3=C(C3C([2H])C([2H])C4OC5C([2H])C([2H])C([2H])C([2H])C5C4C3[2H])C2C([2H])=C1[2H]. The Labute approximate surface area is 225 Å². The lowest BCUT2D eigenvalue weighted by molar-refractivity contribution is 0.00306. The van der Waals surface area contributed by atoms with E-state index in [9.17, 15) is 6.85 Å². The normalized spacial score (nSPS) is 62.1. The van der Waals surface area contributed by atoms with Gasteiger partial charge in [0.2, 0.25) is 0 Å². The van der Waals surface area contributed by atoms with Gasteiger partial charge in [-0.25, -0.2) is 0 Å². The minimum atomic E-state index is -1.67. The number of hydrogen-bond donors (Lipinski definition) is 0. The number of benzene rings is 2. The average Bonchev–Trinajstić information content (AvgIpc) is 3.54. The maximum Gasteiger partial charge on any atom is 0.0629 e. The van der Waals surface area contributed by atoms with Gasteiger partial charge < -0.3 is 4.74 Å². The summed E-state index contributed by atoms with van der Waals surface area (Å²) >= 11 is 0. The van der Waals surface area contributed by atoms with Crippen LogP contribution < -0.4 is 10.4 Å². The summed E-state index contributed by atoms with van der Waals surface area (Å²) in [5.41, 5.74) is -1.09. The van der Waals surface area contributed by atoms with E-state index in [1.54, 1.807) is 0 Å². The van der Waals surface area contributed by atoms with Crippen molar-refractivity contribution in [1.29, 1.82) is 0 Å². The first-order valence-electron chi connectivity index (χ1n) is 21.6. The number of hydrogen-bond acceptors (Lipinski definition) is 1. The summed E-state index contributed by atoms with van der Waals surface area (Å²) in [6.07, 6.45) is -12.2. The zero-order valence-corrected chi connectivity index (χ0v) is 17.5. The molecule has 2 saturated carbocycles. The van der Waals surface area contributed by atoms with Crippen molar-refractivity contribution in [3.8, 4) is 0 Å². The van der Waals surface area contributed by atoms with Crippen LogP contribution in [0.3, 0.4) is 0 Å². The topological polar surface area (TPSA) is 9.23 Å². The van der Waals surface area contributed by atoms with E-state index in [0.29, 0.717) is 0 Å². The maximum atomic E-state index is 9.74. The molecule has 1 heteroatoms. The Kier molecular flexibility index (Phi) is 2.07. The molecule has 2 aromatic rings. The van der Waals surface area contributed by atoms with Crippen molar-refractivity contribution in [2.75, 3.05) is 0 Å². The third-order valence-corrected chi connectivity index (χ3v) is 7.07. The van der Waals surface area contributed by atoms with Gasteiger partial charge in [-0.1, -0.05) is 97.0 Å². The van der Waals surface area contributed by atoms with Crippen molar-refractivity contribution >= 4 is 11.1 Å². The molecule has 5 aliphatic rings. The van der Waals surface area contributed by atoms with Crippen LogP contribution in [0, 0.1) is 29.6 Å². The third kappa shape index (κ3) is 3.23. The fraction of sp³-hybridized carbons (Fsp3) is 0.438. The van der Waals surface area contributed by atoms with E-state index < -0.39 is 176 Å². The molecule has 168 valence electrons. The molecular formula is C32H34O. The molecule has 0 aromatic heterocycles. The molecule has 3 fully saturated rings. The highest BCUT2D eigenvalue weighted by Crippen LogP contribution is 2.52. The van der Waals surface area contributed by atoms with Crippen LogP contribution in [0.5, 0.6) is 0 Å². The van der Waals surface area contributed by atoms with Gasteiger partial charge in [-0.15, -0.1) is 0 Å². The second-order valence-electron chi connectivity index (χ2n) is 8.71. The van der Waals surface area contributed by atoms with Gasteiger partial charge in [0.05, 0.1) is 30.0 Å². The fourth-order valence-corrected chi connectivity index (χ4v) is 5.70. The predicted molar refractivity (Wildman–Crippen MR) is 135 cm³/mol. The van der Waals surface area contributed by atoms with Gasteiger partial charge in [-0.05, 0) is 71.3 Å². The van der Waals surface area contributed by atoms with Crippen molar-refractivity contribution in [2.24, 2.45) is 29.6 Å². The molecule has 7 rings (SSSR count). The second-order valence-corrected chi connectivity index (χ2v) is 8.71. The molecule has 0 amide bonds. The first kappa shape index (κ1) is 8.38. The molecule has 1 heterocycles. The highest BCUT2D eigenvalue weighted by atomic mass is 16.5. The van der Waals surface area contributed by atoms with Crippen molar-refractivity contribution in [3.63, 3.8) is 0 Å². The van der Waals surface area contributed by atoms with Crippen LogP contribution in [0.25, 0.3) is 11.1 Å². The van der Waals surface area contributed by atoms with Gasteiger partial charge in [0.15, 0.2) is 0 Å². The molecule has 33 heavy (non-hydrogen) atoms. The van der Waals surface area contributed by atoms with Crippen LogP contribution >= 0.6 is 0 Å². The quantitative estimate of drug-likeness (QED) is 0.559. The average molecular weight is 455 g/mol. The highest BCUT2D eigenvalue weighted by Gasteiger charge is 2.48. The number of allylic oxidation sites excluding steroid dienone is 4. The zero-order valence-electron chi connectivity index (χ0n) is 37.5. The second kappa shape index (κ2) is 8.13. The van der Waals surface area contributed by atoms with Gasteiger partial charge in [-0.3, -0.25) is 0 Å². The fourth-order valence-electron chi connectivity index (χ4n) is 5.70. The maximum absolute atomic E-state index is 9.74. The lowest BCUT2D eigenvalue weighted by Gasteiger charge is -2.41. The number of fused-ring (bicyclic) bond motifs is 5. The van der Waals surface area contributed by atoms with Crippen molar-refractivity contribution in [3.05, 3.63) is 94.6 Å². The monoisotopic (exact) mass is 454 g/mol. The molecular weight excluding hydrogens is 400 g/mol. The van der Waals surface area contributed by atoms with Crippen LogP contribution in [-0.2, 0) is 4.74 Å². The van der Waals surface area contributed by atoms with Crippen LogP contribution in [-0.4, -0.2) is 12.2 Å². The molecule has 2 aromatic carbocycles. The molecule has 4 aliphatic carbocycles. The summed E-state index contributed by atoms with van der Waals surface area (Å²) < 4.78 is 183. The predicted octanol–water partition coefficient (Wildman–Crippen LogP) is 5.78. The summed E-state index contributed by atoms with van der Waals surface area (Å²) in [6.45, 7) is 0. The first-order chi connectivity index (χ1) is 24.7. The van der Waals surface area contributed by atoms with Gasteiger partial charge in [0.25, 0.3) is 0 Å². The Balaban J connectivity index is 1.65. The minimum absolute atomic E-state index is 0.181. The smallest absolute Gasteiger partial charge is 0.0629 e. The lowest BCUT2D eigenvalue weighted by Crippen LogP contribution is -2.43. The third-order valence-electron chi connectivity index (χ3n) is 7.07. The Morgan fingerprint density at radius 1 is 0.727 bits per heavy atom. The summed E-state index contributed by atoms with van der Waals surface area (Å²) in [5, 5.41) is -0.786. The minimum Gasteiger partial charge on any atom is -0.374 e. The largest absolute Gasteiger partial charge is 0.374 e. The van der Waals surface area contributed by atoms with E-state index >= 15 is 0 Å². The standard InChI is InChI=1S/C32H34O/c1-2-10-21(11-3-1)31-24-13-4-6-15-26(24)32(27-16-7-5-14-25(27)31)22-18-19-30-28(20-22)23-12-8-9-17-29(23)33-30/h1-7,10-11,13-16,22-24,26,28-30H,8-9,12,17-20H2/i1D,2D,3D,4D,5D,6D,7D,8D,9D,10D,11D,12D,13D,14D,15D,16D,17D,18D,19D,20D. The van der Waals surface area contributed by atoms with Crippen LogP contribution in [0.1, 0.15) is 77.8 Å². The van der Waals surface area contributed by atoms with Gasteiger partial charge in [-0.2, -0.15) is 0 Å². The van der Waals surface area contributed by atoms with Crippen molar-refractivity contribution in [2.45, 2.75) is 57.0 Å². The summed E-state index contributed by atoms with van der Waals surface area (Å²) in [6, 6.07) is -9.73. The van der Waals surface area contributed by atoms with E-state index in [1.807, 2.05) is 0 Å². The summed E-state index contributed by atoms with van der Waals surface area (Å²) in [7, 11) is 0. The molecule has 0 bridgehead atoms. The van der Waals surface area contributed by atoms with E-state index in [2.05, 4.69) is 0 Å². The molecule has 14 unspecified atom stereocenters. The van der Waals surface area contributed by atoms with Gasteiger partial charge >= 0.3 is 0 Å². The van der Waals surface area contributed by atoms with E-state index in [-0.39, 0.29) is 16.4 Å². The van der Waals surface area contributed by atoms with Gasteiger partial charge in [0.1, 0.15) is 0 Å². The van der Waals surface area contributed by atoms with E-state index in [1.165, 1.54) is 0 Å². The Morgan fingerprint density at radius 3 is 2.33 bits per heavy atom. The van der Waals surface area contributed by atoms with Crippen LogP contribution in [0.4, 0.5) is 0 Å². The van der Waals surface area contributed by atoms with Crippen LogP contribution in [0.2, 0.25) is 0 Å². The Morgan fingerprint density at radius 2 is 1.45 bits per heavy atom. The lowest BCUT2D eigenvalue weighted by atomic mass is 9.63. The molecule has 14 atom stereocenters. The van der Waals surface area contributed by atoms with Gasteiger partial charge in [0, 0.05) is 21.4 Å². The molecule has 0 N–H and O–H groups in total. The molecule has 0 radical (unpaired) electrons. The van der Waals surface area contributed by atoms with Crippen molar-refractivity contribution in [1.82, 2.24) is 0 Å². The zero-order chi connectivity index (χ0) is 39.2. The molecule has 1 aliphatic heterocycles.